The van der Waals surface area contributed by atoms with E-state index in [0.717, 1.165) is 32.0 Å². The van der Waals surface area contributed by atoms with Crippen molar-refractivity contribution in [1.29, 1.82) is 0 Å². The lowest BCUT2D eigenvalue weighted by Crippen LogP contribution is -2.58. The van der Waals surface area contributed by atoms with E-state index in [9.17, 15) is 18.0 Å². The van der Waals surface area contributed by atoms with E-state index in [4.69, 9.17) is 21.1 Å². The van der Waals surface area contributed by atoms with Gasteiger partial charge in [0.25, 0.3) is 15.9 Å². The minimum Gasteiger partial charge on any atom is -0.378 e. The number of rotatable bonds is 6. The van der Waals surface area contributed by atoms with E-state index < -0.39 is 16.1 Å². The number of nitrogens with one attached hydrogen (secondary N) is 1. The number of methoxy groups -OCH3 is 1. The third kappa shape index (κ3) is 5.89. The molecule has 3 aliphatic rings. The number of halogens is 1. The second kappa shape index (κ2) is 11.8. The van der Waals surface area contributed by atoms with Gasteiger partial charge in [-0.15, -0.1) is 22.7 Å². The number of piperazine rings is 1. The summed E-state index contributed by atoms with van der Waals surface area (Å²) in [6.07, 6.45) is 0.407. The van der Waals surface area contributed by atoms with Gasteiger partial charge in [-0.2, -0.15) is 4.31 Å². The van der Waals surface area contributed by atoms with Crippen LogP contribution in [-0.2, 0) is 37.3 Å². The molecule has 0 saturated carbocycles. The molecule has 1 N–H and O–H groups in total. The summed E-state index contributed by atoms with van der Waals surface area (Å²) >= 11 is 8.61. The van der Waals surface area contributed by atoms with Crippen LogP contribution in [0.4, 0.5) is 0 Å². The van der Waals surface area contributed by atoms with Crippen LogP contribution in [0.15, 0.2) is 28.5 Å². The summed E-state index contributed by atoms with van der Waals surface area (Å²) in [7, 11) is -2.24. The molecule has 1 aromatic carbocycles. The van der Waals surface area contributed by atoms with Crippen LogP contribution in [0.3, 0.4) is 0 Å². The molecule has 0 bridgehead atoms. The Labute approximate surface area is 251 Å². The van der Waals surface area contributed by atoms with Crippen LogP contribution in [-0.4, -0.2) is 105 Å². The molecule has 2 aromatic heterocycles. The number of ether oxygens (including phenoxy) is 2. The number of carbonyl (C=O) groups excluding carboxylic acids is 2. The Morgan fingerprint density at radius 3 is 2.76 bits per heavy atom. The number of benzene rings is 1. The number of fused-ring (bicyclic) bond motifs is 2. The van der Waals surface area contributed by atoms with Gasteiger partial charge in [0.1, 0.15) is 10.4 Å². The third-order valence-corrected chi connectivity index (χ3v) is 12.4. The average Bonchev–Trinajstić information content (AvgIpc) is 3.61. The van der Waals surface area contributed by atoms with Crippen LogP contribution < -0.4 is 5.32 Å². The second-order valence-electron chi connectivity index (χ2n) is 10.2. The Balaban J connectivity index is 1.26. The maximum atomic E-state index is 13.8. The maximum absolute atomic E-state index is 13.8. The molecule has 3 aromatic rings. The Hall–Kier alpha value is -2.17. The van der Waals surface area contributed by atoms with E-state index in [1.807, 2.05) is 0 Å². The molecule has 2 unspecified atom stereocenters. The molecule has 220 valence electrons. The second-order valence-corrected chi connectivity index (χ2v) is 14.9. The number of nitrogens with zero attached hydrogens (tertiary/aromatic N) is 4. The average molecular weight is 640 g/mol. The highest BCUT2D eigenvalue weighted by Gasteiger charge is 2.40. The maximum Gasteiger partial charge on any atom is 0.283 e. The highest BCUT2D eigenvalue weighted by atomic mass is 35.5. The smallest absolute Gasteiger partial charge is 0.283 e. The Morgan fingerprint density at radius 2 is 1.98 bits per heavy atom. The Bertz CT molecular complexity index is 1570. The third-order valence-electron chi connectivity index (χ3n) is 7.65. The van der Waals surface area contributed by atoms with Crippen molar-refractivity contribution in [3.63, 3.8) is 0 Å². The predicted molar refractivity (Wildman–Crippen MR) is 156 cm³/mol. The normalized spacial score (nSPS) is 22.2. The summed E-state index contributed by atoms with van der Waals surface area (Å²) in [6, 6.07) is 6.28. The van der Waals surface area contributed by atoms with Gasteiger partial charge in [0.15, 0.2) is 5.01 Å². The summed E-state index contributed by atoms with van der Waals surface area (Å²) in [5.41, 5.74) is 0.830. The molecule has 0 aliphatic carbocycles. The highest BCUT2D eigenvalue weighted by molar-refractivity contribution is 7.91. The molecule has 2 amide bonds. The van der Waals surface area contributed by atoms with Crippen molar-refractivity contribution in [3.8, 4) is 0 Å². The van der Waals surface area contributed by atoms with Crippen molar-refractivity contribution >= 4 is 66.2 Å². The fraction of sp³-hybridized carbons (Fsp3) is 0.500. The zero-order valence-electron chi connectivity index (χ0n) is 22.4. The van der Waals surface area contributed by atoms with Crippen molar-refractivity contribution in [2.24, 2.45) is 0 Å². The standard InChI is InChI=1S/C26H30ClN5O6S3/c1-37-22-13-19-21(14-28-22)40-25(29-19)26(34)32-5-4-31(15-18(32)12-23(33)30-6-8-38-9-7-30)41(35,36)24-10-16-2-3-17(27)11-20(16)39-24/h2-3,10-11,18,22,28H,4-9,12-15H2,1H3. The fourth-order valence-corrected chi connectivity index (χ4v) is 9.68. The molecule has 15 heteroatoms. The van der Waals surface area contributed by atoms with Crippen LogP contribution in [0.25, 0.3) is 10.1 Å². The van der Waals surface area contributed by atoms with Crippen LogP contribution in [0, 0.1) is 0 Å². The zero-order chi connectivity index (χ0) is 28.7. The predicted octanol–water partition coefficient (Wildman–Crippen LogP) is 2.39. The van der Waals surface area contributed by atoms with E-state index in [0.29, 0.717) is 49.3 Å². The molecule has 41 heavy (non-hydrogen) atoms. The SMILES string of the molecule is COC1Cc2nc(C(=O)N3CCN(S(=O)(=O)c4cc5ccc(Cl)cc5s4)CC3CC(=O)N3CCOCC3)sc2CN1. The molecule has 0 radical (unpaired) electrons. The molecule has 3 aliphatic heterocycles. The number of carbonyl (C=O) groups is 2. The molecular weight excluding hydrogens is 610 g/mol. The lowest BCUT2D eigenvalue weighted by molar-refractivity contribution is -0.136. The van der Waals surface area contributed by atoms with E-state index >= 15 is 0 Å². The number of thiophene rings is 1. The van der Waals surface area contributed by atoms with Crippen LogP contribution >= 0.6 is 34.3 Å². The summed E-state index contributed by atoms with van der Waals surface area (Å²) < 4.78 is 40.7. The van der Waals surface area contributed by atoms with Crippen molar-refractivity contribution in [1.82, 2.24) is 24.4 Å². The lowest BCUT2D eigenvalue weighted by atomic mass is 10.1. The summed E-state index contributed by atoms with van der Waals surface area (Å²) in [4.78, 5) is 36.1. The van der Waals surface area contributed by atoms with Crippen LogP contribution in [0.5, 0.6) is 0 Å². The van der Waals surface area contributed by atoms with Gasteiger partial charge in [-0.05, 0) is 23.6 Å². The van der Waals surface area contributed by atoms with Gasteiger partial charge in [0.2, 0.25) is 5.91 Å². The van der Waals surface area contributed by atoms with Gasteiger partial charge in [-0.1, -0.05) is 17.7 Å². The number of hydrogen-bond donors (Lipinski definition) is 1. The summed E-state index contributed by atoms with van der Waals surface area (Å²) in [6.45, 7) is 2.69. The number of aromatic nitrogens is 1. The molecule has 0 spiro atoms. The van der Waals surface area contributed by atoms with E-state index in [-0.39, 0.29) is 48.3 Å². The van der Waals surface area contributed by atoms with Crippen molar-refractivity contribution in [3.05, 3.63) is 44.9 Å². The van der Waals surface area contributed by atoms with Crippen molar-refractivity contribution < 1.29 is 27.5 Å². The molecule has 11 nitrogen and oxygen atoms in total. The first-order chi connectivity index (χ1) is 19.7. The van der Waals surface area contributed by atoms with Gasteiger partial charge < -0.3 is 19.3 Å². The minimum atomic E-state index is -3.86. The molecular formula is C26H30ClN5O6S3. The molecule has 5 heterocycles. The topological polar surface area (TPSA) is 121 Å². The van der Waals surface area contributed by atoms with Gasteiger partial charge in [-0.25, -0.2) is 13.4 Å². The Morgan fingerprint density at radius 1 is 1.17 bits per heavy atom. The van der Waals surface area contributed by atoms with Crippen LogP contribution in [0.1, 0.15) is 26.8 Å². The first kappa shape index (κ1) is 28.9. The van der Waals surface area contributed by atoms with E-state index in [2.05, 4.69) is 10.3 Å². The number of thiazole rings is 1. The van der Waals surface area contributed by atoms with Gasteiger partial charge in [0, 0.05) is 73.8 Å². The number of sulfonamides is 1. The first-order valence-electron chi connectivity index (χ1n) is 13.3. The molecule has 6 rings (SSSR count). The van der Waals surface area contributed by atoms with Crippen molar-refractivity contribution in [2.45, 2.75) is 35.9 Å². The molecule has 2 fully saturated rings. The minimum absolute atomic E-state index is 0.0115. The highest BCUT2D eigenvalue weighted by Crippen LogP contribution is 2.34. The van der Waals surface area contributed by atoms with E-state index in [1.54, 1.807) is 41.2 Å². The number of morpholine rings is 1. The monoisotopic (exact) mass is 639 g/mol. The van der Waals surface area contributed by atoms with Gasteiger partial charge in [-0.3, -0.25) is 14.9 Å². The quantitative estimate of drug-likeness (QED) is 0.437. The molecule has 2 saturated heterocycles. The lowest BCUT2D eigenvalue weighted by Gasteiger charge is -2.41. The fourth-order valence-electron chi connectivity index (χ4n) is 5.38. The number of hydrogen-bond acceptors (Lipinski definition) is 10. The van der Waals surface area contributed by atoms with Crippen molar-refractivity contribution in [2.75, 3.05) is 53.0 Å². The van der Waals surface area contributed by atoms with Gasteiger partial charge in [0.05, 0.1) is 24.9 Å². The molecule has 2 atom stereocenters. The largest absolute Gasteiger partial charge is 0.378 e. The van der Waals surface area contributed by atoms with E-state index in [1.165, 1.54) is 15.6 Å². The van der Waals surface area contributed by atoms with Crippen LogP contribution in [0.2, 0.25) is 5.02 Å². The zero-order valence-corrected chi connectivity index (χ0v) is 25.6. The number of amides is 2. The van der Waals surface area contributed by atoms with Gasteiger partial charge >= 0.3 is 0 Å². The Kier molecular flexibility index (Phi) is 8.35. The first-order valence-corrected chi connectivity index (χ1v) is 16.8. The summed E-state index contributed by atoms with van der Waals surface area (Å²) in [5.74, 6) is -0.413. The summed E-state index contributed by atoms with van der Waals surface area (Å²) in [5, 5.41) is 4.94.